The Morgan fingerprint density at radius 3 is 2.80 bits per heavy atom. The van der Waals surface area contributed by atoms with E-state index in [1.54, 1.807) is 6.26 Å². The molecule has 1 rings (SSSR count). The first-order valence-electron chi connectivity index (χ1n) is 4.16. The molecule has 0 saturated heterocycles. The average molecular weight is 268 g/mol. The zero-order chi connectivity index (χ0) is 11.4. The third kappa shape index (κ3) is 3.85. The summed E-state index contributed by atoms with van der Waals surface area (Å²) in [4.78, 5) is 3.97. The van der Waals surface area contributed by atoms with Crippen molar-refractivity contribution in [3.8, 4) is 0 Å². The highest BCUT2D eigenvalue weighted by Gasteiger charge is 2.06. The van der Waals surface area contributed by atoms with Crippen LogP contribution in [-0.2, 0) is 10.8 Å². The zero-order valence-electron chi connectivity index (χ0n) is 8.09. The van der Waals surface area contributed by atoms with Gasteiger partial charge >= 0.3 is 0 Å². The number of nitrogens with one attached hydrogen (secondary N) is 1. The van der Waals surface area contributed by atoms with E-state index < -0.39 is 10.8 Å². The Labute approximate surface area is 101 Å². The van der Waals surface area contributed by atoms with Gasteiger partial charge in [-0.1, -0.05) is 23.2 Å². The number of aromatic nitrogens is 1. The third-order valence-corrected chi connectivity index (χ3v) is 3.01. The number of nitrogens with zero attached hydrogens (tertiary/aromatic N) is 1. The molecule has 0 fully saturated rings. The van der Waals surface area contributed by atoms with Gasteiger partial charge in [0, 0.05) is 29.4 Å². The van der Waals surface area contributed by atoms with E-state index in [0.29, 0.717) is 28.2 Å². The predicted molar refractivity (Wildman–Crippen MR) is 66.1 cm³/mol. The maximum absolute atomic E-state index is 10.8. The van der Waals surface area contributed by atoms with Crippen LogP contribution in [0.2, 0.25) is 10.0 Å². The van der Waals surface area contributed by atoms with Crippen LogP contribution in [0.5, 0.6) is 0 Å². The Kier molecular flexibility index (Phi) is 4.63. The molecule has 0 aliphatic rings. The number of nitrogen functional groups attached to an aromatic ring is 1. The van der Waals surface area contributed by atoms with E-state index in [1.807, 2.05) is 0 Å². The molecule has 0 spiro atoms. The summed E-state index contributed by atoms with van der Waals surface area (Å²) in [5.74, 6) is 1.21. The number of nitrogens with two attached hydrogens (primary N) is 1. The lowest BCUT2D eigenvalue weighted by Gasteiger charge is -2.08. The highest BCUT2D eigenvalue weighted by molar-refractivity contribution is 7.84. The SMILES string of the molecule is CS(=O)CCNc1nc(N)c(Cl)cc1Cl. The molecule has 1 atom stereocenters. The molecule has 0 aliphatic carbocycles. The highest BCUT2D eigenvalue weighted by atomic mass is 35.5. The normalized spacial score (nSPS) is 12.5. The Bertz CT molecular complexity index is 386. The summed E-state index contributed by atoms with van der Waals surface area (Å²) in [5, 5.41) is 3.66. The summed E-state index contributed by atoms with van der Waals surface area (Å²) in [6.07, 6.45) is 1.63. The van der Waals surface area contributed by atoms with E-state index in [2.05, 4.69) is 10.3 Å². The molecule has 1 aromatic heterocycles. The summed E-state index contributed by atoms with van der Waals surface area (Å²) < 4.78 is 10.8. The molecule has 1 heterocycles. The van der Waals surface area contributed by atoms with Crippen molar-refractivity contribution in [1.29, 1.82) is 0 Å². The van der Waals surface area contributed by atoms with Gasteiger partial charge in [-0.25, -0.2) is 4.98 Å². The lowest BCUT2D eigenvalue weighted by molar-refractivity contribution is 0.687. The molecule has 7 heteroatoms. The van der Waals surface area contributed by atoms with Gasteiger partial charge in [0.15, 0.2) is 0 Å². The van der Waals surface area contributed by atoms with Gasteiger partial charge in [0.1, 0.15) is 11.6 Å². The van der Waals surface area contributed by atoms with Gasteiger partial charge < -0.3 is 11.1 Å². The lowest BCUT2D eigenvalue weighted by atomic mass is 10.4. The second kappa shape index (κ2) is 5.53. The highest BCUT2D eigenvalue weighted by Crippen LogP contribution is 2.26. The van der Waals surface area contributed by atoms with E-state index in [-0.39, 0.29) is 5.82 Å². The van der Waals surface area contributed by atoms with Crippen LogP contribution in [-0.4, -0.2) is 27.7 Å². The van der Waals surface area contributed by atoms with E-state index in [9.17, 15) is 4.21 Å². The molecule has 0 saturated carbocycles. The molecule has 84 valence electrons. The first-order valence-corrected chi connectivity index (χ1v) is 6.64. The van der Waals surface area contributed by atoms with Gasteiger partial charge in [0.05, 0.1) is 10.0 Å². The molecule has 15 heavy (non-hydrogen) atoms. The number of pyridine rings is 1. The maximum atomic E-state index is 10.8. The van der Waals surface area contributed by atoms with Crippen molar-refractivity contribution < 1.29 is 4.21 Å². The van der Waals surface area contributed by atoms with Gasteiger partial charge in [-0.15, -0.1) is 0 Å². The molecule has 0 radical (unpaired) electrons. The lowest BCUT2D eigenvalue weighted by Crippen LogP contribution is -2.11. The molecule has 1 unspecified atom stereocenters. The Hall–Kier alpha value is -0.520. The van der Waals surface area contributed by atoms with Crippen LogP contribution in [0, 0.1) is 0 Å². The molecular formula is C8H11Cl2N3OS. The van der Waals surface area contributed by atoms with Crippen LogP contribution in [0.1, 0.15) is 0 Å². The second-order valence-corrected chi connectivity index (χ2v) is 5.26. The minimum atomic E-state index is -0.846. The van der Waals surface area contributed by atoms with E-state index in [1.165, 1.54) is 6.07 Å². The minimum Gasteiger partial charge on any atom is -0.382 e. The Morgan fingerprint density at radius 2 is 2.20 bits per heavy atom. The molecule has 4 nitrogen and oxygen atoms in total. The summed E-state index contributed by atoms with van der Waals surface area (Å²) in [7, 11) is -0.846. The molecule has 0 aromatic carbocycles. The van der Waals surface area contributed by atoms with E-state index in [4.69, 9.17) is 28.9 Å². The van der Waals surface area contributed by atoms with Gasteiger partial charge in [-0.05, 0) is 6.07 Å². The first-order chi connectivity index (χ1) is 7.00. The van der Waals surface area contributed by atoms with Crippen molar-refractivity contribution in [3.05, 3.63) is 16.1 Å². The number of halogens is 2. The Morgan fingerprint density at radius 1 is 1.53 bits per heavy atom. The molecule has 0 aliphatic heterocycles. The smallest absolute Gasteiger partial charge is 0.147 e. The van der Waals surface area contributed by atoms with E-state index in [0.717, 1.165) is 0 Å². The number of hydrogen-bond donors (Lipinski definition) is 2. The number of rotatable bonds is 4. The third-order valence-electron chi connectivity index (χ3n) is 1.64. The van der Waals surface area contributed by atoms with Crippen molar-refractivity contribution >= 4 is 45.6 Å². The van der Waals surface area contributed by atoms with Crippen LogP contribution >= 0.6 is 23.2 Å². The fourth-order valence-corrected chi connectivity index (χ4v) is 1.73. The summed E-state index contributed by atoms with van der Waals surface area (Å²) in [6.45, 7) is 0.525. The predicted octanol–water partition coefficient (Wildman–Crippen LogP) is 1.76. The second-order valence-electron chi connectivity index (χ2n) is 2.89. The van der Waals surface area contributed by atoms with Crippen LogP contribution in [0.15, 0.2) is 6.07 Å². The summed E-state index contributed by atoms with van der Waals surface area (Å²) in [6, 6.07) is 1.52. The molecular weight excluding hydrogens is 257 g/mol. The summed E-state index contributed by atoms with van der Waals surface area (Å²) in [5.41, 5.74) is 5.52. The van der Waals surface area contributed by atoms with Crippen molar-refractivity contribution in [2.75, 3.05) is 29.6 Å². The minimum absolute atomic E-state index is 0.223. The Balaban J connectivity index is 2.69. The van der Waals surface area contributed by atoms with Crippen molar-refractivity contribution in [2.45, 2.75) is 0 Å². The van der Waals surface area contributed by atoms with Gasteiger partial charge in [-0.3, -0.25) is 4.21 Å². The van der Waals surface area contributed by atoms with Gasteiger partial charge in [0.2, 0.25) is 0 Å². The largest absolute Gasteiger partial charge is 0.382 e. The average Bonchev–Trinajstić information content (AvgIpc) is 2.13. The molecule has 0 amide bonds. The number of hydrogen-bond acceptors (Lipinski definition) is 4. The van der Waals surface area contributed by atoms with Crippen LogP contribution < -0.4 is 11.1 Å². The number of anilines is 2. The zero-order valence-corrected chi connectivity index (χ0v) is 10.4. The van der Waals surface area contributed by atoms with Crippen molar-refractivity contribution in [2.24, 2.45) is 0 Å². The van der Waals surface area contributed by atoms with Crippen molar-refractivity contribution in [1.82, 2.24) is 4.98 Å². The van der Waals surface area contributed by atoms with Crippen molar-refractivity contribution in [3.63, 3.8) is 0 Å². The molecule has 1 aromatic rings. The van der Waals surface area contributed by atoms with E-state index >= 15 is 0 Å². The molecule has 0 bridgehead atoms. The van der Waals surface area contributed by atoms with Crippen LogP contribution in [0.25, 0.3) is 0 Å². The van der Waals surface area contributed by atoms with Gasteiger partial charge in [-0.2, -0.15) is 0 Å². The first kappa shape index (κ1) is 12.5. The fraction of sp³-hybridized carbons (Fsp3) is 0.375. The summed E-state index contributed by atoms with van der Waals surface area (Å²) >= 11 is 11.6. The van der Waals surface area contributed by atoms with Crippen LogP contribution in [0.4, 0.5) is 11.6 Å². The monoisotopic (exact) mass is 267 g/mol. The van der Waals surface area contributed by atoms with Crippen LogP contribution in [0.3, 0.4) is 0 Å². The standard InChI is InChI=1S/C8H11Cl2N3OS/c1-15(14)3-2-12-8-6(10)4-5(9)7(11)13-8/h4H,2-3H2,1H3,(H3,11,12,13). The van der Waals surface area contributed by atoms with Gasteiger partial charge in [0.25, 0.3) is 0 Å². The maximum Gasteiger partial charge on any atom is 0.147 e. The topological polar surface area (TPSA) is 68.0 Å². The quantitative estimate of drug-likeness (QED) is 0.873. The molecule has 3 N–H and O–H groups in total. The fourth-order valence-electron chi connectivity index (χ4n) is 0.918.